The molecule has 8 nitrogen and oxygen atoms in total. The number of nitro benzene ring substituents is 1. The Labute approximate surface area is 184 Å². The Morgan fingerprint density at radius 3 is 2.50 bits per heavy atom. The average molecular weight is 427 g/mol. The van der Waals surface area contributed by atoms with Crippen molar-refractivity contribution >= 4 is 11.6 Å². The van der Waals surface area contributed by atoms with Gasteiger partial charge in [0.15, 0.2) is 0 Å². The largest absolute Gasteiger partial charge is 0.349 e. The molecule has 0 radical (unpaired) electrons. The van der Waals surface area contributed by atoms with Gasteiger partial charge in [-0.1, -0.05) is 24.3 Å². The highest BCUT2D eigenvalue weighted by molar-refractivity contribution is 5.81. The zero-order valence-corrected chi connectivity index (χ0v) is 17.4. The second-order valence-electron chi connectivity index (χ2n) is 7.34. The smallest absolute Gasteiger partial charge is 0.269 e. The summed E-state index contributed by atoms with van der Waals surface area (Å²) in [7, 11) is 0. The molecule has 0 aliphatic heterocycles. The van der Waals surface area contributed by atoms with Gasteiger partial charge >= 0.3 is 0 Å². The first-order valence-corrected chi connectivity index (χ1v) is 10.1. The number of para-hydroxylation sites is 1. The number of amides is 1. The Hall–Kier alpha value is -4.33. The van der Waals surface area contributed by atoms with Crippen LogP contribution >= 0.6 is 0 Å². The van der Waals surface area contributed by atoms with Crippen LogP contribution in [0.1, 0.15) is 24.1 Å². The summed E-state index contributed by atoms with van der Waals surface area (Å²) in [6.45, 7) is 1.90. The molecule has 32 heavy (non-hydrogen) atoms. The van der Waals surface area contributed by atoms with Crippen LogP contribution in [0.25, 0.3) is 16.9 Å². The number of hydrogen-bond donors (Lipinski definition) is 1. The fourth-order valence-corrected chi connectivity index (χ4v) is 3.42. The lowest BCUT2D eigenvalue weighted by atomic mass is 10.0. The van der Waals surface area contributed by atoms with Gasteiger partial charge in [0.05, 0.1) is 28.8 Å². The second kappa shape index (κ2) is 9.22. The van der Waals surface area contributed by atoms with Crippen molar-refractivity contribution in [2.75, 3.05) is 0 Å². The fraction of sp³-hybridized carbons (Fsp3) is 0.125. The van der Waals surface area contributed by atoms with E-state index in [1.807, 2.05) is 55.6 Å². The first kappa shape index (κ1) is 20.9. The number of nitro groups is 1. The van der Waals surface area contributed by atoms with Crippen LogP contribution in [0.2, 0.25) is 0 Å². The molecular weight excluding hydrogens is 406 g/mol. The van der Waals surface area contributed by atoms with Gasteiger partial charge in [-0.05, 0) is 42.8 Å². The summed E-state index contributed by atoms with van der Waals surface area (Å²) >= 11 is 0. The molecule has 1 unspecified atom stereocenters. The molecule has 0 fully saturated rings. The summed E-state index contributed by atoms with van der Waals surface area (Å²) in [5.74, 6) is -0.155. The number of nitrogens with one attached hydrogen (secondary N) is 1. The normalized spacial score (nSPS) is 11.7. The molecule has 0 spiro atoms. The molecule has 160 valence electrons. The van der Waals surface area contributed by atoms with E-state index in [0.29, 0.717) is 11.3 Å². The predicted molar refractivity (Wildman–Crippen MR) is 120 cm³/mol. The predicted octanol–water partition coefficient (Wildman–Crippen LogP) is 4.26. The van der Waals surface area contributed by atoms with Gasteiger partial charge < -0.3 is 5.32 Å². The quantitative estimate of drug-likeness (QED) is 0.351. The average Bonchev–Trinajstić information content (AvgIpc) is 3.23. The van der Waals surface area contributed by atoms with E-state index in [9.17, 15) is 14.9 Å². The summed E-state index contributed by atoms with van der Waals surface area (Å²) in [4.78, 5) is 27.5. The highest BCUT2D eigenvalue weighted by atomic mass is 16.6. The molecule has 0 aliphatic carbocycles. The van der Waals surface area contributed by atoms with Crippen molar-refractivity contribution in [3.63, 3.8) is 0 Å². The summed E-state index contributed by atoms with van der Waals surface area (Å²) in [6.07, 6.45) is 5.34. The van der Waals surface area contributed by atoms with Crippen molar-refractivity contribution in [3.8, 4) is 16.9 Å². The zero-order valence-electron chi connectivity index (χ0n) is 17.4. The number of hydrogen-bond acceptors (Lipinski definition) is 5. The van der Waals surface area contributed by atoms with Crippen molar-refractivity contribution in [1.82, 2.24) is 20.1 Å². The van der Waals surface area contributed by atoms with E-state index in [2.05, 4.69) is 15.4 Å². The third kappa shape index (κ3) is 4.70. The van der Waals surface area contributed by atoms with Gasteiger partial charge in [0.1, 0.15) is 0 Å². The minimum absolute atomic E-state index is 0.000769. The molecule has 1 atom stereocenters. The first-order chi connectivity index (χ1) is 15.5. The van der Waals surface area contributed by atoms with Crippen LogP contribution in [0.4, 0.5) is 5.69 Å². The maximum absolute atomic E-state index is 12.8. The topological polar surface area (TPSA) is 103 Å². The number of aromatic nitrogens is 3. The number of benzene rings is 2. The number of pyridine rings is 1. The van der Waals surface area contributed by atoms with Crippen LogP contribution in [-0.2, 0) is 11.2 Å². The third-order valence-electron chi connectivity index (χ3n) is 5.08. The Kier molecular flexibility index (Phi) is 6.03. The molecule has 0 aliphatic rings. The molecule has 4 aromatic rings. The molecule has 2 aromatic carbocycles. The summed E-state index contributed by atoms with van der Waals surface area (Å²) in [6, 6.07) is 19.3. The molecule has 2 aromatic heterocycles. The van der Waals surface area contributed by atoms with Gasteiger partial charge in [0, 0.05) is 41.9 Å². The zero-order chi connectivity index (χ0) is 22.5. The molecule has 0 saturated carbocycles. The van der Waals surface area contributed by atoms with Gasteiger partial charge in [0.2, 0.25) is 5.91 Å². The van der Waals surface area contributed by atoms with E-state index in [1.54, 1.807) is 29.2 Å². The minimum Gasteiger partial charge on any atom is -0.349 e. The molecule has 4 rings (SSSR count). The summed E-state index contributed by atoms with van der Waals surface area (Å²) in [5.41, 5.74) is 3.79. The monoisotopic (exact) mass is 427 g/mol. The lowest BCUT2D eigenvalue weighted by Gasteiger charge is -2.13. The van der Waals surface area contributed by atoms with Crippen LogP contribution < -0.4 is 5.32 Å². The Bertz CT molecular complexity index is 1220. The fourth-order valence-electron chi connectivity index (χ4n) is 3.42. The van der Waals surface area contributed by atoms with Crippen LogP contribution in [0, 0.1) is 10.1 Å². The Balaban J connectivity index is 1.63. The summed E-state index contributed by atoms with van der Waals surface area (Å²) in [5, 5.41) is 18.7. The number of carbonyl (C=O) groups excluding carboxylic acids is 1. The van der Waals surface area contributed by atoms with E-state index >= 15 is 0 Å². The van der Waals surface area contributed by atoms with Crippen molar-refractivity contribution in [2.24, 2.45) is 0 Å². The van der Waals surface area contributed by atoms with Crippen molar-refractivity contribution in [1.29, 1.82) is 0 Å². The maximum Gasteiger partial charge on any atom is 0.269 e. The number of nitrogens with zero attached hydrogens (tertiary/aromatic N) is 4. The lowest BCUT2D eigenvalue weighted by molar-refractivity contribution is -0.384. The number of rotatable bonds is 7. The van der Waals surface area contributed by atoms with E-state index < -0.39 is 4.92 Å². The minimum atomic E-state index is -0.444. The van der Waals surface area contributed by atoms with E-state index in [4.69, 9.17) is 0 Å². The molecule has 2 heterocycles. The molecule has 0 saturated heterocycles. The highest BCUT2D eigenvalue weighted by Gasteiger charge is 2.18. The van der Waals surface area contributed by atoms with E-state index in [1.165, 1.54) is 12.1 Å². The number of non-ortho nitro benzene ring substituents is 1. The Morgan fingerprint density at radius 2 is 1.84 bits per heavy atom. The summed E-state index contributed by atoms with van der Waals surface area (Å²) < 4.78 is 1.71. The molecule has 8 heteroatoms. The molecule has 1 N–H and O–H groups in total. The molecule has 1 amide bonds. The number of carbonyl (C=O) groups is 1. The van der Waals surface area contributed by atoms with Crippen LogP contribution in [0.15, 0.2) is 85.3 Å². The maximum atomic E-state index is 12.8. The third-order valence-corrected chi connectivity index (χ3v) is 5.08. The van der Waals surface area contributed by atoms with Gasteiger partial charge in [-0.3, -0.25) is 19.9 Å². The Morgan fingerprint density at radius 1 is 1.09 bits per heavy atom. The van der Waals surface area contributed by atoms with Gasteiger partial charge in [-0.2, -0.15) is 5.10 Å². The standard InChI is InChI=1S/C24H21N5O3/c1-17(19-6-5-13-25-15-19)26-23(30)14-20-16-28(21-7-3-2-4-8-21)27-24(20)18-9-11-22(12-10-18)29(31)32/h2-13,15-17H,14H2,1H3,(H,26,30). The van der Waals surface area contributed by atoms with Gasteiger partial charge in [0.25, 0.3) is 5.69 Å². The van der Waals surface area contributed by atoms with Crippen molar-refractivity contribution < 1.29 is 9.72 Å². The van der Waals surface area contributed by atoms with E-state index in [-0.39, 0.29) is 24.1 Å². The van der Waals surface area contributed by atoms with Crippen molar-refractivity contribution in [2.45, 2.75) is 19.4 Å². The van der Waals surface area contributed by atoms with Crippen LogP contribution in [-0.4, -0.2) is 25.6 Å². The lowest BCUT2D eigenvalue weighted by Crippen LogP contribution is -2.28. The first-order valence-electron chi connectivity index (χ1n) is 10.1. The second-order valence-corrected chi connectivity index (χ2v) is 7.34. The van der Waals surface area contributed by atoms with Crippen molar-refractivity contribution in [3.05, 3.63) is 107 Å². The SMILES string of the molecule is CC(NC(=O)Cc1cn(-c2ccccc2)nc1-c1ccc([N+](=O)[O-])cc1)c1cccnc1. The van der Waals surface area contributed by atoms with Crippen LogP contribution in [0.3, 0.4) is 0 Å². The van der Waals surface area contributed by atoms with Gasteiger partial charge in [-0.25, -0.2) is 4.68 Å². The van der Waals surface area contributed by atoms with Crippen LogP contribution in [0.5, 0.6) is 0 Å². The molecular formula is C24H21N5O3. The van der Waals surface area contributed by atoms with E-state index in [0.717, 1.165) is 16.8 Å². The molecule has 0 bridgehead atoms. The highest BCUT2D eigenvalue weighted by Crippen LogP contribution is 2.26. The van der Waals surface area contributed by atoms with Gasteiger partial charge in [-0.15, -0.1) is 0 Å².